The Balaban J connectivity index is 1.48. The van der Waals surface area contributed by atoms with Crippen molar-refractivity contribution < 1.29 is 14.2 Å². The summed E-state index contributed by atoms with van der Waals surface area (Å²) in [7, 11) is 0. The molecule has 8 nitrogen and oxygen atoms in total. The largest absolute Gasteiger partial charge is 0.479 e. The maximum atomic E-state index is 8.66. The maximum Gasteiger partial charge on any atom is 0.174 e. The number of ether oxygens (including phenoxy) is 3. The number of aromatic nitrogens is 3. The van der Waals surface area contributed by atoms with Gasteiger partial charge in [-0.3, -0.25) is 0 Å². The van der Waals surface area contributed by atoms with E-state index in [0.717, 1.165) is 28.0 Å². The van der Waals surface area contributed by atoms with Crippen molar-refractivity contribution >= 4 is 16.9 Å². The third kappa shape index (κ3) is 3.31. The molecule has 0 amide bonds. The van der Waals surface area contributed by atoms with E-state index in [2.05, 4.69) is 14.5 Å². The lowest BCUT2D eigenvalue weighted by Gasteiger charge is -2.12. The Morgan fingerprint density at radius 1 is 1.16 bits per heavy atom. The Hall–Kier alpha value is -4.09. The summed E-state index contributed by atoms with van der Waals surface area (Å²) in [6, 6.07) is 16.8. The zero-order valence-electron chi connectivity index (χ0n) is 16.8. The number of hydrogen-bond donors (Lipinski definition) is 1. The van der Waals surface area contributed by atoms with Gasteiger partial charge in [-0.1, -0.05) is 6.07 Å². The van der Waals surface area contributed by atoms with E-state index in [-0.39, 0.29) is 12.7 Å². The number of nitriles is 1. The van der Waals surface area contributed by atoms with Gasteiger partial charge in [0.25, 0.3) is 0 Å². The van der Waals surface area contributed by atoms with Gasteiger partial charge in [-0.25, -0.2) is 9.97 Å². The lowest BCUT2D eigenvalue weighted by Crippen LogP contribution is -2.03. The summed E-state index contributed by atoms with van der Waals surface area (Å²) in [5.74, 6) is 2.30. The molecule has 1 aliphatic heterocycles. The van der Waals surface area contributed by atoms with Gasteiger partial charge in [-0.15, -0.1) is 0 Å². The lowest BCUT2D eigenvalue weighted by molar-refractivity contribution is 0.0783. The summed E-state index contributed by atoms with van der Waals surface area (Å²) in [6.07, 6.45) is 1.44. The van der Waals surface area contributed by atoms with E-state index in [1.165, 1.54) is 6.33 Å². The molecule has 1 atom stereocenters. The summed E-state index contributed by atoms with van der Waals surface area (Å²) >= 11 is 0. The highest BCUT2D eigenvalue weighted by atomic mass is 16.5. The van der Waals surface area contributed by atoms with Gasteiger partial charge in [0.15, 0.2) is 12.4 Å². The number of anilines is 1. The normalized spacial score (nSPS) is 14.9. The van der Waals surface area contributed by atoms with Crippen LogP contribution in [0.5, 0.6) is 17.2 Å². The van der Waals surface area contributed by atoms with E-state index in [0.29, 0.717) is 29.7 Å². The number of hydrogen-bond acceptors (Lipinski definition) is 7. The van der Waals surface area contributed by atoms with E-state index in [1.54, 1.807) is 12.1 Å². The van der Waals surface area contributed by atoms with Gasteiger partial charge in [0, 0.05) is 17.3 Å². The van der Waals surface area contributed by atoms with Crippen LogP contribution in [0.2, 0.25) is 0 Å². The molecule has 8 heteroatoms. The zero-order valence-corrected chi connectivity index (χ0v) is 16.8. The predicted molar refractivity (Wildman–Crippen MR) is 114 cm³/mol. The van der Waals surface area contributed by atoms with Crippen molar-refractivity contribution in [2.45, 2.75) is 19.6 Å². The molecule has 154 valence electrons. The summed E-state index contributed by atoms with van der Waals surface area (Å²) in [4.78, 5) is 8.65. The monoisotopic (exact) mass is 413 g/mol. The average molecular weight is 413 g/mol. The van der Waals surface area contributed by atoms with E-state index < -0.39 is 0 Å². The second-order valence-corrected chi connectivity index (χ2v) is 7.12. The van der Waals surface area contributed by atoms with Gasteiger partial charge < -0.3 is 24.5 Å². The Morgan fingerprint density at radius 2 is 1.97 bits per heavy atom. The van der Waals surface area contributed by atoms with Gasteiger partial charge in [-0.2, -0.15) is 5.26 Å². The van der Waals surface area contributed by atoms with Crippen molar-refractivity contribution in [1.82, 2.24) is 14.5 Å². The maximum absolute atomic E-state index is 8.66. The number of benzene rings is 2. The molecular weight excluding hydrogens is 394 g/mol. The van der Waals surface area contributed by atoms with E-state index in [9.17, 15) is 0 Å². The number of nitrogens with two attached hydrogens (primary N) is 1. The molecule has 0 bridgehead atoms. The topological polar surface area (TPSA) is 108 Å². The van der Waals surface area contributed by atoms with Crippen molar-refractivity contribution in [3.8, 4) is 29.0 Å². The molecule has 0 saturated heterocycles. The second kappa shape index (κ2) is 7.63. The van der Waals surface area contributed by atoms with Gasteiger partial charge in [-0.05, 0) is 43.3 Å². The van der Waals surface area contributed by atoms with Crippen LogP contribution in [0.25, 0.3) is 16.7 Å². The summed E-state index contributed by atoms with van der Waals surface area (Å²) in [6.45, 7) is 2.49. The Morgan fingerprint density at radius 3 is 2.77 bits per heavy atom. The molecule has 0 fully saturated rings. The number of nitrogens with zero attached hydrogens (tertiary/aromatic N) is 4. The van der Waals surface area contributed by atoms with Gasteiger partial charge in [0.1, 0.15) is 40.7 Å². The quantitative estimate of drug-likeness (QED) is 0.520. The molecule has 2 aromatic carbocycles. The molecule has 31 heavy (non-hydrogen) atoms. The summed E-state index contributed by atoms with van der Waals surface area (Å²) < 4.78 is 19.2. The predicted octanol–water partition coefficient (Wildman–Crippen LogP) is 4.29. The number of nitrogen functional groups attached to an aromatic ring is 1. The van der Waals surface area contributed by atoms with E-state index in [1.807, 2.05) is 49.4 Å². The van der Waals surface area contributed by atoms with Crippen LogP contribution in [-0.2, 0) is 11.3 Å². The molecule has 0 spiro atoms. The SMILES string of the molecule is CC1OCc2c1c1ncnc(N)c1n2-c1ccc(Oc2cccc(OCC#N)c2)cc1. The van der Waals surface area contributed by atoms with Gasteiger partial charge >= 0.3 is 0 Å². The highest BCUT2D eigenvalue weighted by Crippen LogP contribution is 2.40. The Labute approximate surface area is 178 Å². The van der Waals surface area contributed by atoms with Crippen LogP contribution in [0, 0.1) is 11.3 Å². The van der Waals surface area contributed by atoms with Crippen molar-refractivity contribution in [3.05, 3.63) is 66.1 Å². The van der Waals surface area contributed by atoms with Crippen LogP contribution in [-0.4, -0.2) is 21.1 Å². The first-order chi connectivity index (χ1) is 15.2. The fourth-order valence-corrected chi connectivity index (χ4v) is 3.89. The molecule has 0 aliphatic carbocycles. The Kier molecular flexibility index (Phi) is 4.65. The van der Waals surface area contributed by atoms with Gasteiger partial charge in [0.05, 0.1) is 18.4 Å². The van der Waals surface area contributed by atoms with Crippen LogP contribution in [0.1, 0.15) is 24.3 Å². The minimum absolute atomic E-state index is 0.0114. The second-order valence-electron chi connectivity index (χ2n) is 7.12. The third-order valence-electron chi connectivity index (χ3n) is 5.23. The van der Waals surface area contributed by atoms with Crippen LogP contribution in [0.3, 0.4) is 0 Å². The van der Waals surface area contributed by atoms with Crippen LogP contribution in [0.4, 0.5) is 5.82 Å². The molecule has 2 aromatic heterocycles. The fraction of sp³-hybridized carbons (Fsp3) is 0.174. The number of fused-ring (bicyclic) bond motifs is 3. The lowest BCUT2D eigenvalue weighted by atomic mass is 10.1. The van der Waals surface area contributed by atoms with E-state index >= 15 is 0 Å². The number of rotatable bonds is 5. The molecule has 3 heterocycles. The highest BCUT2D eigenvalue weighted by Gasteiger charge is 2.30. The van der Waals surface area contributed by atoms with E-state index in [4.69, 9.17) is 25.2 Å². The summed E-state index contributed by atoms with van der Waals surface area (Å²) in [5.41, 5.74) is 10.8. The molecule has 4 aromatic rings. The van der Waals surface area contributed by atoms with Crippen molar-refractivity contribution in [2.24, 2.45) is 0 Å². The standard InChI is InChI=1S/C23H19N5O3/c1-14-20-19(12-30-14)28(22-21(20)26-13-27-23(22)25)15-5-7-16(8-6-15)31-18-4-2-3-17(11-18)29-10-9-24/h2-8,11,13-14H,10,12H2,1H3,(H2,25,26,27). The zero-order chi connectivity index (χ0) is 21.4. The molecule has 5 rings (SSSR count). The molecule has 0 radical (unpaired) electrons. The molecular formula is C23H19N5O3. The molecule has 1 aliphatic rings. The highest BCUT2D eigenvalue weighted by molar-refractivity contribution is 5.91. The first-order valence-electron chi connectivity index (χ1n) is 9.79. The smallest absolute Gasteiger partial charge is 0.174 e. The molecule has 1 unspecified atom stereocenters. The van der Waals surface area contributed by atoms with Crippen molar-refractivity contribution in [2.75, 3.05) is 12.3 Å². The molecule has 0 saturated carbocycles. The fourth-order valence-electron chi connectivity index (χ4n) is 3.89. The minimum atomic E-state index is -0.0498. The van der Waals surface area contributed by atoms with Crippen LogP contribution >= 0.6 is 0 Å². The van der Waals surface area contributed by atoms with Crippen molar-refractivity contribution in [1.29, 1.82) is 5.26 Å². The third-order valence-corrected chi connectivity index (χ3v) is 5.23. The van der Waals surface area contributed by atoms with Crippen LogP contribution < -0.4 is 15.2 Å². The van der Waals surface area contributed by atoms with Gasteiger partial charge in [0.2, 0.25) is 0 Å². The van der Waals surface area contributed by atoms with Crippen molar-refractivity contribution in [3.63, 3.8) is 0 Å². The minimum Gasteiger partial charge on any atom is -0.479 e. The first-order valence-corrected chi connectivity index (χ1v) is 9.79. The van der Waals surface area contributed by atoms with Crippen LogP contribution in [0.15, 0.2) is 54.9 Å². The Bertz CT molecular complexity index is 1310. The summed E-state index contributed by atoms with van der Waals surface area (Å²) in [5, 5.41) is 8.66. The first kappa shape index (κ1) is 18.9. The molecule has 2 N–H and O–H groups in total. The average Bonchev–Trinajstić information content (AvgIpc) is 3.32.